The maximum Gasteiger partial charge on any atom is 0.262 e. The number of rotatable bonds is 5. The standard InChI is InChI=1S/C22H18N6O3/c1-13(2)18(27-21(30)15-7-3-4-8-16(15)22(27)31)20(29)26-19-14(11-23)12-25-28(19)17-9-5-6-10-24-17/h3-10,12-13,18H,1-2H3,(H,26,29). The molecular weight excluding hydrogens is 396 g/mol. The molecule has 0 aliphatic carbocycles. The molecule has 0 saturated carbocycles. The van der Waals surface area contributed by atoms with E-state index >= 15 is 0 Å². The molecule has 9 nitrogen and oxygen atoms in total. The van der Waals surface area contributed by atoms with Crippen molar-refractivity contribution in [3.63, 3.8) is 0 Å². The first-order valence-electron chi connectivity index (χ1n) is 9.61. The molecule has 2 aromatic heterocycles. The Balaban J connectivity index is 1.70. The molecule has 1 unspecified atom stereocenters. The molecule has 0 radical (unpaired) electrons. The van der Waals surface area contributed by atoms with Crippen molar-refractivity contribution in [2.75, 3.05) is 5.32 Å². The summed E-state index contributed by atoms with van der Waals surface area (Å²) in [6.07, 6.45) is 2.88. The zero-order valence-electron chi connectivity index (χ0n) is 16.8. The van der Waals surface area contributed by atoms with Gasteiger partial charge in [-0.25, -0.2) is 4.98 Å². The Hall–Kier alpha value is -4.32. The summed E-state index contributed by atoms with van der Waals surface area (Å²) in [5.41, 5.74) is 0.660. The zero-order chi connectivity index (χ0) is 22.1. The van der Waals surface area contributed by atoms with Crippen molar-refractivity contribution in [3.8, 4) is 11.9 Å². The number of hydrogen-bond donors (Lipinski definition) is 1. The number of carbonyl (C=O) groups is 3. The van der Waals surface area contributed by atoms with Gasteiger partial charge in [0.25, 0.3) is 11.8 Å². The number of nitrogens with zero attached hydrogens (tertiary/aromatic N) is 5. The van der Waals surface area contributed by atoms with Crippen LogP contribution in [0, 0.1) is 17.2 Å². The van der Waals surface area contributed by atoms with Crippen molar-refractivity contribution < 1.29 is 14.4 Å². The van der Waals surface area contributed by atoms with E-state index in [2.05, 4.69) is 15.4 Å². The van der Waals surface area contributed by atoms with Crippen LogP contribution in [0.5, 0.6) is 0 Å². The van der Waals surface area contributed by atoms with Gasteiger partial charge in [-0.05, 0) is 30.2 Å². The molecule has 1 aliphatic heterocycles. The number of fused-ring (bicyclic) bond motifs is 1. The van der Waals surface area contributed by atoms with E-state index in [9.17, 15) is 19.6 Å². The molecule has 31 heavy (non-hydrogen) atoms. The largest absolute Gasteiger partial charge is 0.308 e. The lowest BCUT2D eigenvalue weighted by molar-refractivity contribution is -0.121. The van der Waals surface area contributed by atoms with E-state index in [1.54, 1.807) is 62.5 Å². The van der Waals surface area contributed by atoms with Gasteiger partial charge in [0, 0.05) is 6.20 Å². The molecule has 9 heteroatoms. The summed E-state index contributed by atoms with van der Waals surface area (Å²) in [6.45, 7) is 3.49. The molecule has 4 rings (SSSR count). The van der Waals surface area contributed by atoms with Crippen LogP contribution < -0.4 is 5.32 Å². The lowest BCUT2D eigenvalue weighted by Gasteiger charge is -2.28. The van der Waals surface area contributed by atoms with E-state index in [-0.39, 0.29) is 28.4 Å². The summed E-state index contributed by atoms with van der Waals surface area (Å²) in [5, 5.41) is 16.3. The topological polar surface area (TPSA) is 121 Å². The van der Waals surface area contributed by atoms with Gasteiger partial charge in [0.1, 0.15) is 17.7 Å². The third kappa shape index (κ3) is 3.34. The summed E-state index contributed by atoms with van der Waals surface area (Å²) in [6, 6.07) is 12.5. The van der Waals surface area contributed by atoms with Crippen molar-refractivity contribution in [3.05, 3.63) is 71.5 Å². The molecular formula is C22H18N6O3. The lowest BCUT2D eigenvalue weighted by atomic mass is 10.0. The van der Waals surface area contributed by atoms with E-state index in [1.807, 2.05) is 6.07 Å². The van der Waals surface area contributed by atoms with Gasteiger partial charge in [-0.15, -0.1) is 0 Å². The minimum atomic E-state index is -1.08. The number of pyridine rings is 1. The van der Waals surface area contributed by atoms with Gasteiger partial charge < -0.3 is 5.32 Å². The fourth-order valence-electron chi connectivity index (χ4n) is 3.57. The Bertz CT molecular complexity index is 1190. The Morgan fingerprint density at radius 2 is 1.71 bits per heavy atom. The van der Waals surface area contributed by atoms with E-state index in [4.69, 9.17) is 0 Å². The molecule has 1 aliphatic rings. The average molecular weight is 414 g/mol. The van der Waals surface area contributed by atoms with Crippen molar-refractivity contribution in [2.24, 2.45) is 5.92 Å². The van der Waals surface area contributed by atoms with Gasteiger partial charge in [0.15, 0.2) is 11.6 Å². The maximum atomic E-state index is 13.3. The number of nitrogens with one attached hydrogen (secondary N) is 1. The molecule has 3 heterocycles. The van der Waals surface area contributed by atoms with Crippen LogP contribution in [0.1, 0.15) is 40.1 Å². The molecule has 3 amide bonds. The van der Waals surface area contributed by atoms with Gasteiger partial charge in [-0.1, -0.05) is 32.0 Å². The minimum Gasteiger partial charge on any atom is -0.308 e. The molecule has 0 bridgehead atoms. The summed E-state index contributed by atoms with van der Waals surface area (Å²) >= 11 is 0. The maximum absolute atomic E-state index is 13.3. The van der Waals surface area contributed by atoms with Gasteiger partial charge in [0.05, 0.1) is 17.3 Å². The number of benzene rings is 1. The summed E-state index contributed by atoms with van der Waals surface area (Å²) in [4.78, 5) is 44.3. The first-order chi connectivity index (χ1) is 14.9. The highest BCUT2D eigenvalue weighted by atomic mass is 16.2. The second kappa shape index (κ2) is 7.84. The van der Waals surface area contributed by atoms with Gasteiger partial charge in [-0.2, -0.15) is 15.0 Å². The number of anilines is 1. The van der Waals surface area contributed by atoms with Crippen LogP contribution in [-0.4, -0.2) is 43.4 Å². The number of aromatic nitrogens is 3. The monoisotopic (exact) mass is 414 g/mol. The van der Waals surface area contributed by atoms with Crippen molar-refractivity contribution in [1.82, 2.24) is 19.7 Å². The van der Waals surface area contributed by atoms with Crippen LogP contribution in [-0.2, 0) is 4.79 Å². The third-order valence-electron chi connectivity index (χ3n) is 5.00. The molecule has 0 saturated heterocycles. The fraction of sp³-hybridized carbons (Fsp3) is 0.182. The molecule has 1 N–H and O–H groups in total. The van der Waals surface area contributed by atoms with E-state index in [1.165, 1.54) is 10.9 Å². The molecule has 0 fully saturated rings. The predicted octanol–water partition coefficient (Wildman–Crippen LogP) is 2.40. The van der Waals surface area contributed by atoms with Crippen LogP contribution >= 0.6 is 0 Å². The van der Waals surface area contributed by atoms with Gasteiger partial charge >= 0.3 is 0 Å². The predicted molar refractivity (Wildman–Crippen MR) is 110 cm³/mol. The lowest BCUT2D eigenvalue weighted by Crippen LogP contribution is -2.50. The molecule has 154 valence electrons. The molecule has 1 atom stereocenters. The fourth-order valence-corrected chi connectivity index (χ4v) is 3.57. The summed E-state index contributed by atoms with van der Waals surface area (Å²) in [5.74, 6) is -1.49. The van der Waals surface area contributed by atoms with Crippen LogP contribution in [0.15, 0.2) is 54.9 Å². The normalized spacial score (nSPS) is 13.8. The molecule has 3 aromatic rings. The van der Waals surface area contributed by atoms with E-state index in [0.717, 1.165) is 4.90 Å². The average Bonchev–Trinajstić information content (AvgIpc) is 3.29. The van der Waals surface area contributed by atoms with Gasteiger partial charge in [0.2, 0.25) is 5.91 Å². The Morgan fingerprint density at radius 3 is 2.26 bits per heavy atom. The molecule has 0 spiro atoms. The smallest absolute Gasteiger partial charge is 0.262 e. The van der Waals surface area contributed by atoms with Crippen LogP contribution in [0.3, 0.4) is 0 Å². The SMILES string of the molecule is CC(C)C(C(=O)Nc1c(C#N)cnn1-c1ccccn1)N1C(=O)c2ccccc2C1=O. The highest BCUT2D eigenvalue weighted by Crippen LogP contribution is 2.28. The second-order valence-electron chi connectivity index (χ2n) is 7.32. The second-order valence-corrected chi connectivity index (χ2v) is 7.32. The van der Waals surface area contributed by atoms with Crippen LogP contribution in [0.25, 0.3) is 5.82 Å². The van der Waals surface area contributed by atoms with Crippen LogP contribution in [0.4, 0.5) is 5.82 Å². The summed E-state index contributed by atoms with van der Waals surface area (Å²) < 4.78 is 1.33. The first-order valence-corrected chi connectivity index (χ1v) is 9.61. The quantitative estimate of drug-likeness (QED) is 0.640. The number of imide groups is 1. The van der Waals surface area contributed by atoms with Crippen molar-refractivity contribution in [1.29, 1.82) is 5.26 Å². The number of hydrogen-bond acceptors (Lipinski definition) is 6. The summed E-state index contributed by atoms with van der Waals surface area (Å²) in [7, 11) is 0. The third-order valence-corrected chi connectivity index (χ3v) is 5.00. The van der Waals surface area contributed by atoms with Crippen molar-refractivity contribution in [2.45, 2.75) is 19.9 Å². The van der Waals surface area contributed by atoms with Gasteiger partial charge in [-0.3, -0.25) is 19.3 Å². The van der Waals surface area contributed by atoms with Crippen LogP contribution in [0.2, 0.25) is 0 Å². The highest BCUT2D eigenvalue weighted by molar-refractivity contribution is 6.23. The Kier molecular flexibility index (Phi) is 5.05. The number of carbonyl (C=O) groups excluding carboxylic acids is 3. The zero-order valence-corrected chi connectivity index (χ0v) is 16.8. The van der Waals surface area contributed by atoms with E-state index < -0.39 is 23.8 Å². The van der Waals surface area contributed by atoms with Crippen molar-refractivity contribution >= 4 is 23.5 Å². The minimum absolute atomic E-state index is 0.119. The Labute approximate surface area is 177 Å². The van der Waals surface area contributed by atoms with E-state index in [0.29, 0.717) is 5.82 Å². The number of nitriles is 1. The molecule has 1 aromatic carbocycles. The highest BCUT2D eigenvalue weighted by Gasteiger charge is 2.44. The first kappa shape index (κ1) is 20.0. The number of amides is 3. The Morgan fingerprint density at radius 1 is 1.06 bits per heavy atom.